The normalized spacial score (nSPS) is 22.6. The third-order valence-corrected chi connectivity index (χ3v) is 19.7. The molecule has 7 saturated heterocycles. The van der Waals surface area contributed by atoms with Crippen LogP contribution in [0.1, 0.15) is 122 Å². The number of hydrogen-bond donors (Lipinski definition) is 10. The minimum Gasteiger partial charge on any atom is -0.379 e. The van der Waals surface area contributed by atoms with Crippen LogP contribution in [0.5, 0.6) is 0 Å². The second-order valence-electron chi connectivity index (χ2n) is 22.4. The van der Waals surface area contributed by atoms with Crippen molar-refractivity contribution in [2.24, 2.45) is 17.2 Å². The maximum absolute atomic E-state index is 12.0. The molecule has 1 aromatic rings. The smallest absolute Gasteiger partial charge is 0.333 e. The van der Waals surface area contributed by atoms with Crippen molar-refractivity contribution < 1.29 is 76.4 Å². The molecule has 0 bridgehead atoms. The highest BCUT2D eigenvalue weighted by Gasteiger charge is 2.45. The van der Waals surface area contributed by atoms with Crippen molar-refractivity contribution in [3.8, 4) is 6.07 Å². The fraction of sp³-hybridized carbons (Fsp3) is 0.783. The second kappa shape index (κ2) is 49.2. The molecule has 7 aliphatic rings. The van der Waals surface area contributed by atoms with Crippen molar-refractivity contribution in [1.82, 2.24) is 51.8 Å². The van der Waals surface area contributed by atoms with Crippen LogP contribution in [0.25, 0.3) is 0 Å². The molecule has 0 unspecified atom stereocenters. The fourth-order valence-corrected chi connectivity index (χ4v) is 15.2. The predicted molar refractivity (Wildman–Crippen MR) is 352 cm³/mol. The summed E-state index contributed by atoms with van der Waals surface area (Å²) >= 11 is 5.67. The number of fused-ring (bicyclic) bond motifs is 3. The highest BCUT2D eigenvalue weighted by molar-refractivity contribution is 8.00. The first-order valence-corrected chi connectivity index (χ1v) is 35.7. The molecule has 13 N–H and O–H groups in total. The van der Waals surface area contributed by atoms with Gasteiger partial charge in [-0.3, -0.25) is 23.7 Å². The lowest BCUT2D eigenvalue weighted by Gasteiger charge is -2.16. The molecular formula is C60H102N14O16S3. The third kappa shape index (κ3) is 33.2. The fourth-order valence-electron chi connectivity index (χ4n) is 10.6. The Hall–Kier alpha value is -5.38. The number of unbranched alkanes of at least 4 members (excludes halogenated alkanes) is 3. The monoisotopic (exact) mass is 1370 g/mol. The van der Waals surface area contributed by atoms with E-state index in [0.29, 0.717) is 164 Å². The minimum absolute atomic E-state index is 0.0383. The zero-order valence-electron chi connectivity index (χ0n) is 53.9. The summed E-state index contributed by atoms with van der Waals surface area (Å²) in [5, 5.41) is 29.6. The summed E-state index contributed by atoms with van der Waals surface area (Å²) in [6, 6.07) is 2.74. The van der Waals surface area contributed by atoms with Crippen molar-refractivity contribution in [2.75, 3.05) is 123 Å². The van der Waals surface area contributed by atoms with Crippen molar-refractivity contribution in [3.05, 3.63) is 18.7 Å². The summed E-state index contributed by atoms with van der Waals surface area (Å²) in [6.45, 7) is 10.1. The van der Waals surface area contributed by atoms with Gasteiger partial charge in [0.25, 0.3) is 11.8 Å². The highest BCUT2D eigenvalue weighted by atomic mass is 32.2. The first-order valence-electron chi connectivity index (χ1n) is 32.5. The quantitative estimate of drug-likeness (QED) is 0.0255. The number of nitriles is 1. The number of carbonyl (C=O) groups excluding carboxylic acids is 9. The number of nitrogens with one attached hydrogen (secondary N) is 7. The van der Waals surface area contributed by atoms with E-state index in [0.717, 1.165) is 81.5 Å². The number of amides is 9. The van der Waals surface area contributed by atoms with E-state index in [1.54, 1.807) is 18.5 Å². The van der Waals surface area contributed by atoms with Crippen LogP contribution >= 0.6 is 35.3 Å². The van der Waals surface area contributed by atoms with Crippen LogP contribution < -0.4 is 54.4 Å². The van der Waals surface area contributed by atoms with Crippen LogP contribution in [-0.4, -0.2) is 243 Å². The van der Waals surface area contributed by atoms with Crippen LogP contribution in [0.3, 0.4) is 0 Å². The Kier molecular flexibility index (Phi) is 42.3. The topological polar surface area (TPSA) is 425 Å². The van der Waals surface area contributed by atoms with Crippen molar-refractivity contribution in [3.63, 3.8) is 0 Å². The summed E-state index contributed by atoms with van der Waals surface area (Å²) in [4.78, 5) is 113. The molecule has 0 spiro atoms. The van der Waals surface area contributed by atoms with Crippen molar-refractivity contribution >= 4 is 88.8 Å². The van der Waals surface area contributed by atoms with Gasteiger partial charge in [-0.25, -0.2) is 29.0 Å². The Morgan fingerprint density at radius 2 is 0.903 bits per heavy atom. The molecule has 9 atom stereocenters. The number of Topliss-reactive ketones (excluding diaryl/α,β-unsaturated/α-hetero) is 2. The van der Waals surface area contributed by atoms with Gasteiger partial charge >= 0.3 is 30.1 Å². The van der Waals surface area contributed by atoms with Crippen LogP contribution in [0.4, 0.5) is 19.2 Å². The number of imide groups is 1. The molecule has 7 aliphatic heterocycles. The van der Waals surface area contributed by atoms with Gasteiger partial charge in [-0.05, 0) is 51.4 Å². The Balaban J connectivity index is 0.000000274. The van der Waals surface area contributed by atoms with E-state index >= 15 is 0 Å². The summed E-state index contributed by atoms with van der Waals surface area (Å²) in [5.74, 6) is 2.01. The molecule has 526 valence electrons. The number of nitrogens with zero attached hydrogens (tertiary/aromatic N) is 4. The van der Waals surface area contributed by atoms with E-state index in [1.807, 2.05) is 35.3 Å². The minimum atomic E-state index is -0.554. The lowest BCUT2D eigenvalue weighted by molar-refractivity contribution is -0.197. The average molecular weight is 1370 g/mol. The van der Waals surface area contributed by atoms with Crippen LogP contribution in [0.15, 0.2) is 18.7 Å². The van der Waals surface area contributed by atoms with Gasteiger partial charge in [0.15, 0.2) is 0 Å². The van der Waals surface area contributed by atoms with E-state index in [4.69, 9.17) is 55.7 Å². The number of nitrogens with two attached hydrogens (primary N) is 3. The number of hydroxylamine groups is 2. The van der Waals surface area contributed by atoms with E-state index in [-0.39, 0.29) is 85.4 Å². The Bertz CT molecular complexity index is 2380. The molecular weight excluding hydrogens is 1270 g/mol. The van der Waals surface area contributed by atoms with E-state index < -0.39 is 17.8 Å². The number of rotatable bonds is 42. The Morgan fingerprint density at radius 1 is 0.538 bits per heavy atom. The largest absolute Gasteiger partial charge is 0.379 e. The van der Waals surface area contributed by atoms with Gasteiger partial charge in [0.2, 0.25) is 0 Å². The number of ether oxygens (including phenoxy) is 6. The summed E-state index contributed by atoms with van der Waals surface area (Å²) in [5.41, 5.74) is 15.7. The maximum atomic E-state index is 12.0. The lowest BCUT2D eigenvalue weighted by atomic mass is 10.0. The van der Waals surface area contributed by atoms with Gasteiger partial charge in [0.1, 0.15) is 17.9 Å². The van der Waals surface area contributed by atoms with E-state index in [1.165, 1.54) is 17.8 Å². The molecule has 0 radical (unpaired) electrons. The molecule has 93 heavy (non-hydrogen) atoms. The first kappa shape index (κ1) is 80.1. The molecule has 0 saturated carbocycles. The molecule has 7 fully saturated rings. The number of thioether (sulfide) groups is 3. The summed E-state index contributed by atoms with van der Waals surface area (Å²) < 4.78 is 33.0. The predicted octanol–water partition coefficient (Wildman–Crippen LogP) is 2.39. The first-order chi connectivity index (χ1) is 45.2. The van der Waals surface area contributed by atoms with Crippen molar-refractivity contribution in [1.29, 1.82) is 5.26 Å². The number of imidazole rings is 1. The zero-order chi connectivity index (χ0) is 67.3. The molecule has 30 nitrogen and oxygen atoms in total. The molecule has 9 amide bonds. The van der Waals surface area contributed by atoms with Gasteiger partial charge in [-0.2, -0.15) is 40.5 Å². The van der Waals surface area contributed by atoms with E-state index in [9.17, 15) is 43.2 Å². The van der Waals surface area contributed by atoms with Crippen molar-refractivity contribution in [2.45, 2.75) is 174 Å². The van der Waals surface area contributed by atoms with E-state index in [2.05, 4.69) is 42.2 Å². The zero-order valence-corrected chi connectivity index (χ0v) is 56.3. The molecule has 8 rings (SSSR count). The Labute approximate surface area is 558 Å². The Morgan fingerprint density at radius 3 is 1.28 bits per heavy atom. The molecule has 33 heteroatoms. The van der Waals surface area contributed by atoms with Crippen LogP contribution in [0.2, 0.25) is 0 Å². The number of urea groups is 3. The van der Waals surface area contributed by atoms with Gasteiger partial charge in [-0.1, -0.05) is 19.3 Å². The highest BCUT2D eigenvalue weighted by Crippen LogP contribution is 2.35. The third-order valence-electron chi connectivity index (χ3n) is 15.2. The molecule has 0 aromatic carbocycles. The van der Waals surface area contributed by atoms with Gasteiger partial charge < -0.3 is 87.7 Å². The van der Waals surface area contributed by atoms with Crippen LogP contribution in [-0.2, 0) is 57.2 Å². The molecule has 8 heterocycles. The summed E-state index contributed by atoms with van der Waals surface area (Å²) in [6.07, 6.45) is 17.2. The molecule has 0 aliphatic carbocycles. The number of hydrogen-bond acceptors (Lipinski definition) is 24. The number of carbonyl (C=O) groups is 9. The maximum Gasteiger partial charge on any atom is 0.333 e. The van der Waals surface area contributed by atoms with Gasteiger partial charge in [-0.15, -0.1) is 5.06 Å². The SMILES string of the molecule is CC#N.NCCOCCOCCCC(=O)CCCC[C@@H]1SC[C@@H]2NC(=O)N[C@@H]21.NCCOCCOCCN.O=C(CCCC[C@@H]1SC[C@@H]2NC(=O)N[C@@H]21)CCCOCCOCCNC(=O)n1ccnc1.O=C1N[C@H]2[C@H](CS[C@H]2CCCCC(=O)ON2C(=O)CCC2=O)N1. The van der Waals surface area contributed by atoms with Gasteiger partial charge in [0.05, 0.1) is 108 Å². The average Bonchev–Trinajstić information content (AvgIpc) is 1.94. The standard InChI is InChI=1S/C21H33N5O5S.C17H31N3O4S.C14H19N3O5S.C6H16N2O2.C2H3N/c27-16(4-1-2-6-18-19-17(14-32-18)24-20(28)25-19)5-3-10-30-12-13-31-11-8-23-21(29)26-9-7-22-15-26;18-7-9-24-11-10-23-8-3-5-13(21)4-1-2-6-15-16-14(12-25-15)19-17(22)20-16;18-10-5-6-11(19)17(10)22-12(20)4-2-1-3-9-13-8(7-23-9)15-14(21)16-13;7-1-3-9-5-6-10-4-2-8;1-2-3/h7,9,15,17-19H,1-6,8,10-14H2,(H,23,29)(H2,24,25,28);14-16H,1-12,18H2,(H2,19,20,22);8-9,13H,1-7H2,(H2,15,16,21);1-8H2;1H3/t17-,18-,19-;14-,15-,16-;8-,9-,13-;;/m000../s1. The second-order valence-corrected chi connectivity index (χ2v) is 26.2. The van der Waals surface area contributed by atoms with Crippen LogP contribution in [0, 0.1) is 11.3 Å². The summed E-state index contributed by atoms with van der Waals surface area (Å²) in [7, 11) is 0. The molecule has 1 aromatic heterocycles. The number of ketones is 2. The number of aromatic nitrogens is 2. The lowest BCUT2D eigenvalue weighted by Crippen LogP contribution is -2.36. The van der Waals surface area contributed by atoms with Gasteiger partial charge in [0, 0.05) is 137 Å².